The lowest BCUT2D eigenvalue weighted by atomic mass is 9.98. The standard InChI is InChI=1S/C11H11F3O/c1-3-10(15)8-5-4-6-9(7(8)2)11(12,13)14/h4-6H,3H2,1-2H3. The maximum Gasteiger partial charge on any atom is 0.416 e. The van der Waals surface area contributed by atoms with Gasteiger partial charge in [-0.25, -0.2) is 0 Å². The van der Waals surface area contributed by atoms with Crippen LogP contribution < -0.4 is 0 Å². The number of carbonyl (C=O) groups excluding carboxylic acids is 1. The van der Waals surface area contributed by atoms with Gasteiger partial charge in [-0.15, -0.1) is 0 Å². The van der Waals surface area contributed by atoms with Gasteiger partial charge in [0.2, 0.25) is 0 Å². The van der Waals surface area contributed by atoms with Crippen LogP contribution in [0.4, 0.5) is 13.2 Å². The Kier molecular flexibility index (Phi) is 3.17. The molecule has 15 heavy (non-hydrogen) atoms. The number of hydrogen-bond acceptors (Lipinski definition) is 1. The maximum atomic E-state index is 12.5. The molecule has 0 unspecified atom stereocenters. The highest BCUT2D eigenvalue weighted by Crippen LogP contribution is 2.33. The Morgan fingerprint density at radius 3 is 2.40 bits per heavy atom. The summed E-state index contributed by atoms with van der Waals surface area (Å²) in [5.41, 5.74) is -0.564. The zero-order valence-corrected chi connectivity index (χ0v) is 8.48. The molecule has 0 saturated carbocycles. The normalized spacial score (nSPS) is 11.5. The number of benzene rings is 1. The highest BCUT2D eigenvalue weighted by atomic mass is 19.4. The van der Waals surface area contributed by atoms with Crippen molar-refractivity contribution >= 4 is 5.78 Å². The number of rotatable bonds is 2. The van der Waals surface area contributed by atoms with E-state index in [1.807, 2.05) is 0 Å². The molecule has 0 saturated heterocycles. The first kappa shape index (κ1) is 11.8. The van der Waals surface area contributed by atoms with Crippen molar-refractivity contribution < 1.29 is 18.0 Å². The van der Waals surface area contributed by atoms with Crippen LogP contribution in [0.3, 0.4) is 0 Å². The van der Waals surface area contributed by atoms with Crippen LogP contribution in [0.5, 0.6) is 0 Å². The van der Waals surface area contributed by atoms with E-state index < -0.39 is 11.7 Å². The van der Waals surface area contributed by atoms with Crippen molar-refractivity contribution in [1.29, 1.82) is 0 Å². The minimum absolute atomic E-state index is 0.0110. The van der Waals surface area contributed by atoms with Crippen molar-refractivity contribution in [3.05, 3.63) is 34.9 Å². The number of hydrogen-bond donors (Lipinski definition) is 0. The van der Waals surface area contributed by atoms with Gasteiger partial charge in [-0.3, -0.25) is 4.79 Å². The third kappa shape index (κ3) is 2.37. The molecular formula is C11H11F3O. The average Bonchev–Trinajstić information content (AvgIpc) is 2.15. The topological polar surface area (TPSA) is 17.1 Å². The van der Waals surface area contributed by atoms with Crippen LogP contribution in [0.1, 0.15) is 34.8 Å². The smallest absolute Gasteiger partial charge is 0.294 e. The minimum atomic E-state index is -4.39. The number of carbonyl (C=O) groups is 1. The Morgan fingerprint density at radius 2 is 1.93 bits per heavy atom. The number of Topliss-reactive ketones (excluding diaryl/α,β-unsaturated/α-hetero) is 1. The molecule has 0 bridgehead atoms. The lowest BCUT2D eigenvalue weighted by molar-refractivity contribution is -0.138. The molecule has 0 N–H and O–H groups in total. The third-order valence-corrected chi connectivity index (χ3v) is 2.26. The van der Waals surface area contributed by atoms with Gasteiger partial charge in [0.25, 0.3) is 0 Å². The molecule has 0 aliphatic carbocycles. The predicted octanol–water partition coefficient (Wildman–Crippen LogP) is 3.61. The Hall–Kier alpha value is -1.32. The monoisotopic (exact) mass is 216 g/mol. The van der Waals surface area contributed by atoms with E-state index in [0.29, 0.717) is 0 Å². The zero-order valence-electron chi connectivity index (χ0n) is 8.48. The highest BCUT2D eigenvalue weighted by Gasteiger charge is 2.33. The van der Waals surface area contributed by atoms with Gasteiger partial charge < -0.3 is 0 Å². The van der Waals surface area contributed by atoms with Gasteiger partial charge in [-0.05, 0) is 18.6 Å². The Bertz CT molecular complexity index is 380. The van der Waals surface area contributed by atoms with Crippen molar-refractivity contribution in [2.75, 3.05) is 0 Å². The van der Waals surface area contributed by atoms with Crippen molar-refractivity contribution in [2.45, 2.75) is 26.4 Å². The van der Waals surface area contributed by atoms with Gasteiger partial charge >= 0.3 is 6.18 Å². The fraction of sp³-hybridized carbons (Fsp3) is 0.364. The van der Waals surface area contributed by atoms with Crippen LogP contribution in [0, 0.1) is 6.92 Å². The molecule has 0 radical (unpaired) electrons. The summed E-state index contributed by atoms with van der Waals surface area (Å²) >= 11 is 0. The summed E-state index contributed by atoms with van der Waals surface area (Å²) in [5, 5.41) is 0. The quantitative estimate of drug-likeness (QED) is 0.690. The second-order valence-corrected chi connectivity index (χ2v) is 3.25. The third-order valence-electron chi connectivity index (χ3n) is 2.26. The van der Waals surface area contributed by atoms with Crippen LogP contribution in [0.2, 0.25) is 0 Å². The molecule has 0 atom stereocenters. The molecule has 0 heterocycles. The first-order valence-electron chi connectivity index (χ1n) is 4.58. The maximum absolute atomic E-state index is 12.5. The fourth-order valence-corrected chi connectivity index (χ4v) is 1.44. The summed E-state index contributed by atoms with van der Waals surface area (Å²) in [4.78, 5) is 11.3. The molecule has 4 heteroatoms. The lowest BCUT2D eigenvalue weighted by Gasteiger charge is -2.12. The van der Waals surface area contributed by atoms with E-state index in [4.69, 9.17) is 0 Å². The Labute approximate surface area is 85.9 Å². The van der Waals surface area contributed by atoms with E-state index in [2.05, 4.69) is 0 Å². The van der Waals surface area contributed by atoms with E-state index in [1.54, 1.807) is 6.92 Å². The second kappa shape index (κ2) is 4.04. The molecule has 1 nitrogen and oxygen atoms in total. The van der Waals surface area contributed by atoms with Gasteiger partial charge in [0.1, 0.15) is 0 Å². The zero-order chi connectivity index (χ0) is 11.6. The molecular weight excluding hydrogens is 205 g/mol. The van der Waals surface area contributed by atoms with Crippen LogP contribution >= 0.6 is 0 Å². The van der Waals surface area contributed by atoms with Crippen molar-refractivity contribution in [3.63, 3.8) is 0 Å². The first-order chi connectivity index (χ1) is 6.88. The van der Waals surface area contributed by atoms with Gasteiger partial charge in [0.15, 0.2) is 5.78 Å². The average molecular weight is 216 g/mol. The summed E-state index contributed by atoms with van der Waals surface area (Å²) < 4.78 is 37.5. The summed E-state index contributed by atoms with van der Waals surface area (Å²) in [7, 11) is 0. The van der Waals surface area contributed by atoms with Crippen molar-refractivity contribution in [3.8, 4) is 0 Å². The summed E-state index contributed by atoms with van der Waals surface area (Å²) in [6.07, 6.45) is -4.18. The van der Waals surface area contributed by atoms with Gasteiger partial charge in [-0.2, -0.15) is 13.2 Å². The van der Waals surface area contributed by atoms with Crippen LogP contribution in [0.25, 0.3) is 0 Å². The predicted molar refractivity (Wildman–Crippen MR) is 50.8 cm³/mol. The molecule has 1 aromatic carbocycles. The van der Waals surface area contributed by atoms with Gasteiger partial charge in [-0.1, -0.05) is 19.1 Å². The largest absolute Gasteiger partial charge is 0.416 e. The number of ketones is 1. The molecule has 0 aromatic heterocycles. The lowest BCUT2D eigenvalue weighted by Crippen LogP contribution is -2.11. The number of halogens is 3. The number of alkyl halides is 3. The van der Waals surface area contributed by atoms with Crippen LogP contribution in [-0.2, 0) is 6.18 Å². The fourth-order valence-electron chi connectivity index (χ4n) is 1.44. The van der Waals surface area contributed by atoms with E-state index in [9.17, 15) is 18.0 Å². The van der Waals surface area contributed by atoms with E-state index in [1.165, 1.54) is 19.1 Å². The molecule has 1 aromatic rings. The second-order valence-electron chi connectivity index (χ2n) is 3.25. The van der Waals surface area contributed by atoms with Crippen LogP contribution in [-0.4, -0.2) is 5.78 Å². The highest BCUT2D eigenvalue weighted by molar-refractivity contribution is 5.97. The molecule has 0 aliphatic rings. The molecule has 0 fully saturated rings. The Balaban J connectivity index is 3.30. The molecule has 0 aliphatic heterocycles. The van der Waals surface area contributed by atoms with Gasteiger partial charge in [0, 0.05) is 12.0 Å². The Morgan fingerprint density at radius 1 is 1.33 bits per heavy atom. The van der Waals surface area contributed by atoms with Gasteiger partial charge in [0.05, 0.1) is 5.56 Å². The van der Waals surface area contributed by atoms with Crippen molar-refractivity contribution in [2.24, 2.45) is 0 Å². The van der Waals surface area contributed by atoms with Crippen molar-refractivity contribution in [1.82, 2.24) is 0 Å². The van der Waals surface area contributed by atoms with E-state index in [0.717, 1.165) is 6.07 Å². The molecule has 0 spiro atoms. The minimum Gasteiger partial charge on any atom is -0.294 e. The first-order valence-corrected chi connectivity index (χ1v) is 4.58. The van der Waals surface area contributed by atoms with E-state index >= 15 is 0 Å². The summed E-state index contributed by atoms with van der Waals surface area (Å²) in [6.45, 7) is 2.95. The van der Waals surface area contributed by atoms with Crippen LogP contribution in [0.15, 0.2) is 18.2 Å². The summed E-state index contributed by atoms with van der Waals surface area (Å²) in [5.74, 6) is -0.265. The SMILES string of the molecule is CCC(=O)c1cccc(C(F)(F)F)c1C. The molecule has 82 valence electrons. The van der Waals surface area contributed by atoms with E-state index in [-0.39, 0.29) is 23.3 Å². The molecule has 0 amide bonds. The summed E-state index contributed by atoms with van der Waals surface area (Å²) in [6, 6.07) is 3.68. The molecule has 1 rings (SSSR count).